The van der Waals surface area contributed by atoms with Crippen LogP contribution in [0.1, 0.15) is 74.2 Å². The first-order valence-corrected chi connectivity index (χ1v) is 22.3. The van der Waals surface area contributed by atoms with Crippen molar-refractivity contribution in [2.45, 2.75) is 55.5 Å². The van der Waals surface area contributed by atoms with Crippen molar-refractivity contribution in [2.75, 3.05) is 64.2 Å². The highest BCUT2D eigenvalue weighted by Crippen LogP contribution is 2.33. The van der Waals surface area contributed by atoms with Crippen LogP contribution in [0, 0.1) is 0 Å². The number of halogens is 3. The van der Waals surface area contributed by atoms with E-state index in [0.29, 0.717) is 74.1 Å². The fourth-order valence-electron chi connectivity index (χ4n) is 7.15. The molecular weight excluding hydrogens is 846 g/mol. The van der Waals surface area contributed by atoms with Gasteiger partial charge in [-0.25, -0.2) is 0 Å². The molecule has 1 aliphatic heterocycles. The van der Waals surface area contributed by atoms with E-state index in [1.165, 1.54) is 12.5 Å². The third-order valence-electron chi connectivity index (χ3n) is 10.4. The lowest BCUT2D eigenvalue weighted by Gasteiger charge is -2.29. The van der Waals surface area contributed by atoms with E-state index in [2.05, 4.69) is 51.9 Å². The quantitative estimate of drug-likeness (QED) is 0.0431. The third-order valence-corrected chi connectivity index (χ3v) is 11.5. The van der Waals surface area contributed by atoms with Crippen molar-refractivity contribution in [1.82, 2.24) is 15.6 Å². The van der Waals surface area contributed by atoms with Crippen molar-refractivity contribution in [2.24, 2.45) is 0 Å². The summed E-state index contributed by atoms with van der Waals surface area (Å²) >= 11 is 1.64. The zero-order valence-electron chi connectivity index (χ0n) is 35.5. The predicted octanol–water partition coefficient (Wildman–Crippen LogP) is 8.83. The van der Waals surface area contributed by atoms with Crippen molar-refractivity contribution in [3.8, 4) is 11.3 Å². The van der Waals surface area contributed by atoms with Gasteiger partial charge in [-0.1, -0.05) is 48.5 Å². The Balaban J connectivity index is 1.04. The summed E-state index contributed by atoms with van der Waals surface area (Å²) in [5, 5.41) is 14.3. The molecule has 0 atom stereocenters. The number of amides is 2. The van der Waals surface area contributed by atoms with Gasteiger partial charge in [0.05, 0.1) is 57.3 Å². The van der Waals surface area contributed by atoms with Gasteiger partial charge in [-0.05, 0) is 103 Å². The zero-order chi connectivity index (χ0) is 45.2. The van der Waals surface area contributed by atoms with E-state index < -0.39 is 23.6 Å². The molecule has 64 heavy (non-hydrogen) atoms. The number of nitrogens with one attached hydrogen (secondary N) is 2. The summed E-state index contributed by atoms with van der Waals surface area (Å²) in [6.07, 6.45) is 1.12. The molecule has 0 spiro atoms. The monoisotopic (exact) mass is 898 g/mol. The van der Waals surface area contributed by atoms with E-state index in [0.717, 1.165) is 70.9 Å². The van der Waals surface area contributed by atoms with Crippen LogP contribution in [0.2, 0.25) is 0 Å². The number of nitrogens with zero attached hydrogens (tertiary/aromatic N) is 2. The number of hydrogen-bond acceptors (Lipinski definition) is 9. The fraction of sp³-hybridized carbons (Fsp3) is 0.347. The highest BCUT2D eigenvalue weighted by atomic mass is 32.2. The number of benzene rings is 4. The lowest BCUT2D eigenvalue weighted by atomic mass is 9.95. The van der Waals surface area contributed by atoms with E-state index in [4.69, 9.17) is 24.3 Å². The van der Waals surface area contributed by atoms with E-state index in [1.54, 1.807) is 42.2 Å². The minimum absolute atomic E-state index is 0.0421. The van der Waals surface area contributed by atoms with Crippen molar-refractivity contribution in [3.63, 3.8) is 0 Å². The fourth-order valence-corrected chi connectivity index (χ4v) is 8.05. The highest BCUT2D eigenvalue weighted by Gasteiger charge is 2.30. The Kier molecular flexibility index (Phi) is 18.2. The molecule has 15 heteroatoms. The summed E-state index contributed by atoms with van der Waals surface area (Å²) in [6, 6.07) is 30.6. The standard InChI is InChI=1S/C49H53F3N4O7S/c50-49(51,52)41-11-5-8-36(29-41)33-55-48(60)40-15-17-53-45(31-40)44-32-42(56-19-2-1-3-20-56)14-13-38(44)28-35-7-4-9-37(27-35)34-64-43-12-6-10-39(30-43)47(59)54-18-22-62-24-26-63-25-23-61-21-16-46(57)58/h4-15,17,27,29-32H,1-3,16,18-26,28,33-34H2,(H,54,59)(H,55,60)(H,57,58). The van der Waals surface area contributed by atoms with Gasteiger partial charge in [0.15, 0.2) is 0 Å². The van der Waals surface area contributed by atoms with Crippen molar-refractivity contribution in [1.29, 1.82) is 0 Å². The molecule has 2 heterocycles. The molecule has 1 aromatic heterocycles. The average Bonchev–Trinajstić information content (AvgIpc) is 3.30. The van der Waals surface area contributed by atoms with E-state index >= 15 is 0 Å². The number of hydrogen-bond donors (Lipinski definition) is 3. The molecule has 0 radical (unpaired) electrons. The van der Waals surface area contributed by atoms with Crippen molar-refractivity contribution < 1.29 is 46.9 Å². The van der Waals surface area contributed by atoms with E-state index in [9.17, 15) is 27.6 Å². The Morgan fingerprint density at radius 2 is 1.39 bits per heavy atom. The number of carbonyl (C=O) groups excluding carboxylic acids is 2. The molecule has 1 fully saturated rings. The van der Waals surface area contributed by atoms with Gasteiger partial charge in [0.2, 0.25) is 0 Å². The van der Waals surface area contributed by atoms with Crippen LogP contribution in [0.4, 0.5) is 18.9 Å². The lowest BCUT2D eigenvalue weighted by molar-refractivity contribution is -0.139. The van der Waals surface area contributed by atoms with Crippen LogP contribution in [0.5, 0.6) is 0 Å². The molecule has 0 bridgehead atoms. The van der Waals surface area contributed by atoms with Gasteiger partial charge in [-0.2, -0.15) is 13.2 Å². The van der Waals surface area contributed by atoms with E-state index in [-0.39, 0.29) is 25.5 Å². The molecule has 0 saturated carbocycles. The maximum absolute atomic E-state index is 13.3. The smallest absolute Gasteiger partial charge is 0.416 e. The first kappa shape index (κ1) is 47.7. The third kappa shape index (κ3) is 15.2. The first-order valence-electron chi connectivity index (χ1n) is 21.3. The molecule has 338 valence electrons. The minimum Gasteiger partial charge on any atom is -0.481 e. The second-order valence-corrected chi connectivity index (χ2v) is 16.3. The molecule has 6 rings (SSSR count). The van der Waals surface area contributed by atoms with Gasteiger partial charge in [0, 0.05) is 65.4 Å². The Bertz CT molecular complexity index is 2320. The molecule has 11 nitrogen and oxygen atoms in total. The Morgan fingerprint density at radius 3 is 2.17 bits per heavy atom. The molecule has 4 aromatic carbocycles. The van der Waals surface area contributed by atoms with Gasteiger partial charge in [0.1, 0.15) is 0 Å². The SMILES string of the molecule is O=C(O)CCOCCOCCOCCNC(=O)c1cccc(SCc2cccc(Cc3ccc(N4CCCCC4)cc3-c3cc(C(=O)NCc4cccc(C(F)(F)F)c4)ccn3)c2)c1. The molecule has 2 amide bonds. The van der Waals surface area contributed by atoms with Gasteiger partial charge in [0.25, 0.3) is 11.8 Å². The van der Waals surface area contributed by atoms with Crippen LogP contribution < -0.4 is 15.5 Å². The number of anilines is 1. The van der Waals surface area contributed by atoms with Crippen LogP contribution in [-0.4, -0.2) is 87.1 Å². The summed E-state index contributed by atoms with van der Waals surface area (Å²) in [7, 11) is 0. The molecule has 1 aliphatic rings. The van der Waals surface area contributed by atoms with Crippen LogP contribution in [0.25, 0.3) is 11.3 Å². The van der Waals surface area contributed by atoms with E-state index in [1.807, 2.05) is 24.3 Å². The number of pyridine rings is 1. The minimum atomic E-state index is -4.47. The molecule has 1 saturated heterocycles. The molecule has 0 aliphatic carbocycles. The maximum atomic E-state index is 13.3. The number of aromatic nitrogens is 1. The van der Waals surface area contributed by atoms with Gasteiger partial charge < -0.3 is 34.9 Å². The Morgan fingerprint density at radius 1 is 0.703 bits per heavy atom. The summed E-state index contributed by atoms with van der Waals surface area (Å²) in [4.78, 5) is 44.8. The molecular formula is C49H53F3N4O7S. The summed E-state index contributed by atoms with van der Waals surface area (Å²) in [5.41, 5.74) is 6.37. The summed E-state index contributed by atoms with van der Waals surface area (Å²) in [6.45, 7) is 4.05. The number of alkyl halides is 3. The summed E-state index contributed by atoms with van der Waals surface area (Å²) in [5.74, 6) is -0.824. The predicted molar refractivity (Wildman–Crippen MR) is 241 cm³/mol. The Labute approximate surface area is 375 Å². The van der Waals surface area contributed by atoms with Gasteiger partial charge in [-0.15, -0.1) is 11.8 Å². The number of carboxylic acids is 1. The lowest BCUT2D eigenvalue weighted by Crippen LogP contribution is -2.29. The number of carbonyl (C=O) groups is 3. The van der Waals surface area contributed by atoms with Crippen molar-refractivity contribution >= 4 is 35.2 Å². The second-order valence-electron chi connectivity index (χ2n) is 15.2. The Hall–Kier alpha value is -5.74. The molecule has 3 N–H and O–H groups in total. The zero-order valence-corrected chi connectivity index (χ0v) is 36.4. The molecule has 0 unspecified atom stereocenters. The van der Waals surface area contributed by atoms with Gasteiger partial charge in [-0.3, -0.25) is 19.4 Å². The summed E-state index contributed by atoms with van der Waals surface area (Å²) < 4.78 is 55.9. The average molecular weight is 899 g/mol. The van der Waals surface area contributed by atoms with Crippen LogP contribution >= 0.6 is 11.8 Å². The number of thioether (sulfide) groups is 1. The highest BCUT2D eigenvalue weighted by molar-refractivity contribution is 7.98. The second kappa shape index (κ2) is 24.4. The number of piperidine rings is 1. The number of carboxylic acid groups (broad SMARTS) is 1. The normalized spacial score (nSPS) is 12.8. The van der Waals surface area contributed by atoms with Crippen LogP contribution in [0.15, 0.2) is 114 Å². The maximum Gasteiger partial charge on any atom is 0.416 e. The van der Waals surface area contributed by atoms with Crippen LogP contribution in [0.3, 0.4) is 0 Å². The number of ether oxygens (including phenoxy) is 3. The van der Waals surface area contributed by atoms with Gasteiger partial charge >= 0.3 is 12.1 Å². The van der Waals surface area contributed by atoms with Crippen LogP contribution in [-0.2, 0) is 43.9 Å². The molecule has 5 aromatic rings. The largest absolute Gasteiger partial charge is 0.481 e. The number of rotatable bonds is 23. The van der Waals surface area contributed by atoms with Crippen molar-refractivity contribution in [3.05, 3.63) is 148 Å². The topological polar surface area (TPSA) is 139 Å². The number of aliphatic carboxylic acids is 1. The first-order chi connectivity index (χ1) is 31.0.